The first kappa shape index (κ1) is 18.4. The minimum absolute atomic E-state index is 0.0404. The quantitative estimate of drug-likeness (QED) is 0.729. The third-order valence-corrected chi connectivity index (χ3v) is 5.19. The normalized spacial score (nSPS) is 17.4. The largest absolute Gasteiger partial charge is 0.376 e. The molecule has 1 amide bonds. The van der Waals surface area contributed by atoms with E-state index in [2.05, 4.69) is 5.32 Å². The summed E-state index contributed by atoms with van der Waals surface area (Å²) in [6.45, 7) is 4.82. The summed E-state index contributed by atoms with van der Waals surface area (Å²) in [5, 5.41) is 7.84. The predicted octanol–water partition coefficient (Wildman–Crippen LogP) is 4.15. The SMILES string of the molecule is Cc1ccc(-n2cc(C(=O)NC(C)C3CCCO3)c(-c3ccccc3)n2)cc1. The van der Waals surface area contributed by atoms with Crippen LogP contribution in [0.4, 0.5) is 0 Å². The summed E-state index contributed by atoms with van der Waals surface area (Å²) in [7, 11) is 0. The molecule has 0 aliphatic carbocycles. The Labute approximate surface area is 165 Å². The van der Waals surface area contributed by atoms with Gasteiger partial charge in [0, 0.05) is 18.4 Å². The van der Waals surface area contributed by atoms with Gasteiger partial charge in [0.2, 0.25) is 0 Å². The van der Waals surface area contributed by atoms with E-state index in [0.717, 1.165) is 30.7 Å². The minimum Gasteiger partial charge on any atom is -0.376 e. The number of aryl methyl sites for hydroxylation is 1. The highest BCUT2D eigenvalue weighted by atomic mass is 16.5. The fraction of sp³-hybridized carbons (Fsp3) is 0.304. The lowest BCUT2D eigenvalue weighted by atomic mass is 10.1. The van der Waals surface area contributed by atoms with Crippen LogP contribution in [-0.4, -0.2) is 34.4 Å². The highest BCUT2D eigenvalue weighted by Gasteiger charge is 2.26. The maximum Gasteiger partial charge on any atom is 0.255 e. The molecule has 1 fully saturated rings. The van der Waals surface area contributed by atoms with Crippen molar-refractivity contribution in [1.29, 1.82) is 0 Å². The van der Waals surface area contributed by atoms with Crippen LogP contribution in [0.25, 0.3) is 16.9 Å². The molecule has 0 bridgehead atoms. The van der Waals surface area contributed by atoms with Crippen molar-refractivity contribution in [3.8, 4) is 16.9 Å². The molecule has 1 aliphatic heterocycles. The number of hydrogen-bond acceptors (Lipinski definition) is 3. The van der Waals surface area contributed by atoms with Crippen molar-refractivity contribution in [3.05, 3.63) is 71.9 Å². The van der Waals surface area contributed by atoms with Gasteiger partial charge in [-0.1, -0.05) is 48.0 Å². The number of aromatic nitrogens is 2. The standard InChI is InChI=1S/C23H25N3O2/c1-16-10-12-19(13-11-16)26-15-20(22(25-26)18-7-4-3-5-8-18)23(27)24-17(2)21-9-6-14-28-21/h3-5,7-8,10-13,15,17,21H,6,9,14H2,1-2H3,(H,24,27). The van der Waals surface area contributed by atoms with Gasteiger partial charge in [-0.05, 0) is 38.8 Å². The van der Waals surface area contributed by atoms with Gasteiger partial charge in [-0.15, -0.1) is 0 Å². The molecule has 0 saturated carbocycles. The summed E-state index contributed by atoms with van der Waals surface area (Å²) in [6.07, 6.45) is 3.92. The number of carbonyl (C=O) groups is 1. The fourth-order valence-electron chi connectivity index (χ4n) is 3.55. The van der Waals surface area contributed by atoms with Gasteiger partial charge < -0.3 is 10.1 Å². The number of ether oxygens (including phenoxy) is 1. The molecule has 1 saturated heterocycles. The van der Waals surface area contributed by atoms with Gasteiger partial charge in [0.05, 0.1) is 23.4 Å². The Morgan fingerprint density at radius 3 is 2.61 bits per heavy atom. The van der Waals surface area contributed by atoms with E-state index in [4.69, 9.17) is 9.84 Å². The Bertz CT molecular complexity index is 942. The van der Waals surface area contributed by atoms with Gasteiger partial charge in [0.25, 0.3) is 5.91 Å². The highest BCUT2D eigenvalue weighted by Crippen LogP contribution is 2.24. The van der Waals surface area contributed by atoms with E-state index in [-0.39, 0.29) is 18.1 Å². The molecule has 3 aromatic rings. The van der Waals surface area contributed by atoms with Gasteiger partial charge in [0.1, 0.15) is 5.69 Å². The zero-order chi connectivity index (χ0) is 19.5. The molecule has 144 valence electrons. The van der Waals surface area contributed by atoms with Crippen molar-refractivity contribution < 1.29 is 9.53 Å². The Balaban J connectivity index is 1.67. The molecule has 0 radical (unpaired) electrons. The van der Waals surface area contributed by atoms with E-state index in [9.17, 15) is 4.79 Å². The average molecular weight is 375 g/mol. The van der Waals surface area contributed by atoms with Crippen LogP contribution in [0.15, 0.2) is 60.8 Å². The second-order valence-corrected chi connectivity index (χ2v) is 7.35. The van der Waals surface area contributed by atoms with Crippen LogP contribution in [-0.2, 0) is 4.74 Å². The molecule has 1 aromatic heterocycles. The van der Waals surface area contributed by atoms with Crippen LogP contribution in [0.1, 0.15) is 35.7 Å². The molecule has 28 heavy (non-hydrogen) atoms. The molecule has 4 rings (SSSR count). The summed E-state index contributed by atoms with van der Waals surface area (Å²) >= 11 is 0. The van der Waals surface area contributed by atoms with Gasteiger partial charge in [-0.3, -0.25) is 4.79 Å². The molecule has 1 N–H and O–H groups in total. The Morgan fingerprint density at radius 2 is 1.93 bits per heavy atom. The zero-order valence-electron chi connectivity index (χ0n) is 16.3. The Hall–Kier alpha value is -2.92. The van der Waals surface area contributed by atoms with Crippen LogP contribution >= 0.6 is 0 Å². The van der Waals surface area contributed by atoms with Crippen molar-refractivity contribution in [1.82, 2.24) is 15.1 Å². The number of carbonyl (C=O) groups excluding carboxylic acids is 1. The molecule has 2 unspecified atom stereocenters. The van der Waals surface area contributed by atoms with Gasteiger partial charge in [-0.2, -0.15) is 5.10 Å². The van der Waals surface area contributed by atoms with Crippen LogP contribution in [0, 0.1) is 6.92 Å². The first-order chi connectivity index (χ1) is 13.6. The number of nitrogens with zero attached hydrogens (tertiary/aromatic N) is 2. The molecule has 2 aromatic carbocycles. The minimum atomic E-state index is -0.125. The smallest absolute Gasteiger partial charge is 0.255 e. The molecular weight excluding hydrogens is 350 g/mol. The number of amides is 1. The van der Waals surface area contributed by atoms with Crippen LogP contribution < -0.4 is 5.32 Å². The summed E-state index contributed by atoms with van der Waals surface area (Å²) in [4.78, 5) is 13.1. The van der Waals surface area contributed by atoms with Crippen molar-refractivity contribution in [2.45, 2.75) is 38.8 Å². The van der Waals surface area contributed by atoms with E-state index < -0.39 is 0 Å². The van der Waals surface area contributed by atoms with E-state index >= 15 is 0 Å². The van der Waals surface area contributed by atoms with Crippen molar-refractivity contribution in [3.63, 3.8) is 0 Å². The number of hydrogen-bond donors (Lipinski definition) is 1. The molecule has 1 aliphatic rings. The molecular formula is C23H25N3O2. The Morgan fingerprint density at radius 1 is 1.18 bits per heavy atom. The van der Waals surface area contributed by atoms with Gasteiger partial charge >= 0.3 is 0 Å². The van der Waals surface area contributed by atoms with Crippen molar-refractivity contribution in [2.24, 2.45) is 0 Å². The summed E-state index contributed by atoms with van der Waals surface area (Å²) in [5.41, 5.74) is 4.27. The lowest BCUT2D eigenvalue weighted by molar-refractivity contribution is 0.0712. The zero-order valence-corrected chi connectivity index (χ0v) is 16.3. The molecule has 2 heterocycles. The van der Waals surface area contributed by atoms with Crippen LogP contribution in [0.5, 0.6) is 0 Å². The second-order valence-electron chi connectivity index (χ2n) is 7.35. The van der Waals surface area contributed by atoms with Crippen molar-refractivity contribution in [2.75, 3.05) is 6.61 Å². The maximum absolute atomic E-state index is 13.1. The van der Waals surface area contributed by atoms with Gasteiger partial charge in [0.15, 0.2) is 0 Å². The monoisotopic (exact) mass is 375 g/mol. The maximum atomic E-state index is 13.1. The molecule has 2 atom stereocenters. The molecule has 5 heteroatoms. The summed E-state index contributed by atoms with van der Waals surface area (Å²) < 4.78 is 7.49. The second kappa shape index (κ2) is 7.98. The number of rotatable bonds is 5. The summed E-state index contributed by atoms with van der Waals surface area (Å²) in [5.74, 6) is -0.125. The van der Waals surface area contributed by atoms with E-state index in [1.807, 2.05) is 74.6 Å². The number of benzene rings is 2. The molecule has 5 nitrogen and oxygen atoms in total. The predicted molar refractivity (Wildman–Crippen MR) is 110 cm³/mol. The number of nitrogens with one attached hydrogen (secondary N) is 1. The average Bonchev–Trinajstić information content (AvgIpc) is 3.39. The first-order valence-electron chi connectivity index (χ1n) is 9.76. The molecule has 0 spiro atoms. The van der Waals surface area contributed by atoms with Crippen molar-refractivity contribution >= 4 is 5.91 Å². The van der Waals surface area contributed by atoms with Gasteiger partial charge in [-0.25, -0.2) is 4.68 Å². The third kappa shape index (κ3) is 3.85. The summed E-state index contributed by atoms with van der Waals surface area (Å²) in [6, 6.07) is 17.9. The fourth-order valence-corrected chi connectivity index (χ4v) is 3.55. The van der Waals surface area contributed by atoms with E-state index in [0.29, 0.717) is 11.3 Å². The topological polar surface area (TPSA) is 56.2 Å². The highest BCUT2D eigenvalue weighted by molar-refractivity contribution is 6.00. The first-order valence-corrected chi connectivity index (χ1v) is 9.76. The lowest BCUT2D eigenvalue weighted by Crippen LogP contribution is -2.40. The van der Waals surface area contributed by atoms with E-state index in [1.165, 1.54) is 5.56 Å². The van der Waals surface area contributed by atoms with E-state index in [1.54, 1.807) is 4.68 Å². The van der Waals surface area contributed by atoms with Crippen LogP contribution in [0.3, 0.4) is 0 Å². The third-order valence-electron chi connectivity index (χ3n) is 5.19. The van der Waals surface area contributed by atoms with Crippen LogP contribution in [0.2, 0.25) is 0 Å². The Kier molecular flexibility index (Phi) is 5.26. The lowest BCUT2D eigenvalue weighted by Gasteiger charge is -2.19.